The molecular weight excluding hydrogens is 376 g/mol. The lowest BCUT2D eigenvalue weighted by molar-refractivity contribution is -0.131. The molecule has 6 nitrogen and oxygen atoms in total. The molecule has 6 heteroatoms. The average molecular weight is 407 g/mol. The molecular formula is C24H30N4O2. The fraction of sp³-hybridized carbons (Fsp3) is 0.458. The van der Waals surface area contributed by atoms with Crippen molar-refractivity contribution in [3.05, 3.63) is 59.3 Å². The van der Waals surface area contributed by atoms with Crippen LogP contribution in [0.3, 0.4) is 0 Å². The fourth-order valence-corrected chi connectivity index (χ4v) is 3.80. The second-order valence-corrected chi connectivity index (χ2v) is 9.90. The number of aromatic nitrogens is 1. The van der Waals surface area contributed by atoms with Crippen molar-refractivity contribution in [2.24, 2.45) is 0 Å². The van der Waals surface area contributed by atoms with Gasteiger partial charge in [0.25, 0.3) is 5.91 Å². The minimum Gasteiger partial charge on any atom is -0.367 e. The number of pyridine rings is 1. The van der Waals surface area contributed by atoms with E-state index in [1.807, 2.05) is 24.3 Å². The highest BCUT2D eigenvalue weighted by atomic mass is 16.2. The number of hydrogen-bond acceptors (Lipinski definition) is 4. The van der Waals surface area contributed by atoms with Crippen LogP contribution in [0.2, 0.25) is 0 Å². The van der Waals surface area contributed by atoms with E-state index in [9.17, 15) is 9.59 Å². The summed E-state index contributed by atoms with van der Waals surface area (Å²) < 4.78 is 0. The van der Waals surface area contributed by atoms with Gasteiger partial charge in [-0.3, -0.25) is 9.69 Å². The molecule has 2 N–H and O–H groups in total. The number of anilines is 1. The normalized spacial score (nSPS) is 19.6. The molecule has 1 aliphatic carbocycles. The summed E-state index contributed by atoms with van der Waals surface area (Å²) in [5.74, 6) is 0.545. The van der Waals surface area contributed by atoms with Gasteiger partial charge < -0.3 is 10.6 Å². The number of imide groups is 1. The largest absolute Gasteiger partial charge is 0.367 e. The number of urea groups is 1. The molecule has 1 aromatic heterocycles. The van der Waals surface area contributed by atoms with Crippen LogP contribution in [0.15, 0.2) is 42.6 Å². The number of nitrogens with zero attached hydrogens (tertiary/aromatic N) is 2. The highest BCUT2D eigenvalue weighted by Crippen LogP contribution is 2.36. The number of carbonyl (C=O) groups is 2. The Labute approximate surface area is 178 Å². The minimum atomic E-state index is -0.928. The number of amides is 3. The van der Waals surface area contributed by atoms with E-state index >= 15 is 0 Å². The van der Waals surface area contributed by atoms with E-state index in [1.54, 1.807) is 20.0 Å². The molecule has 0 spiro atoms. The molecule has 2 aromatic rings. The number of carbonyl (C=O) groups excluding carboxylic acids is 2. The van der Waals surface area contributed by atoms with Crippen LogP contribution in [0.5, 0.6) is 0 Å². The van der Waals surface area contributed by atoms with Gasteiger partial charge in [-0.25, -0.2) is 9.78 Å². The number of rotatable bonds is 5. The van der Waals surface area contributed by atoms with Crippen LogP contribution < -0.4 is 10.6 Å². The van der Waals surface area contributed by atoms with Crippen molar-refractivity contribution in [1.29, 1.82) is 0 Å². The molecule has 1 aromatic carbocycles. The summed E-state index contributed by atoms with van der Waals surface area (Å²) in [7, 11) is 0. The van der Waals surface area contributed by atoms with E-state index in [2.05, 4.69) is 48.5 Å². The van der Waals surface area contributed by atoms with Crippen molar-refractivity contribution in [3.63, 3.8) is 0 Å². The Bertz CT molecular complexity index is 971. The van der Waals surface area contributed by atoms with Gasteiger partial charge in [0.2, 0.25) is 0 Å². The molecule has 2 aliphatic rings. The first kappa shape index (κ1) is 20.4. The lowest BCUT2D eigenvalue weighted by Gasteiger charge is -2.28. The second kappa shape index (κ2) is 7.11. The number of nitrogens with one attached hydrogen (secondary N) is 2. The average Bonchev–Trinajstić information content (AvgIpc) is 3.45. The van der Waals surface area contributed by atoms with E-state index in [-0.39, 0.29) is 17.4 Å². The van der Waals surface area contributed by atoms with Crippen LogP contribution in [0.25, 0.3) is 0 Å². The third-order valence-electron chi connectivity index (χ3n) is 5.77. The zero-order valence-corrected chi connectivity index (χ0v) is 18.3. The van der Waals surface area contributed by atoms with Crippen LogP contribution in [-0.2, 0) is 10.2 Å². The quantitative estimate of drug-likeness (QED) is 0.723. The van der Waals surface area contributed by atoms with Gasteiger partial charge in [0.1, 0.15) is 11.4 Å². The lowest BCUT2D eigenvalue weighted by Crippen LogP contribution is -2.41. The zero-order valence-electron chi connectivity index (χ0n) is 18.3. The molecule has 4 rings (SSSR count). The summed E-state index contributed by atoms with van der Waals surface area (Å²) >= 11 is 0. The summed E-state index contributed by atoms with van der Waals surface area (Å²) in [6, 6.07) is 11.6. The minimum absolute atomic E-state index is 0.0227. The summed E-state index contributed by atoms with van der Waals surface area (Å²) in [4.78, 5) is 31.8. The zero-order chi connectivity index (χ0) is 21.7. The van der Waals surface area contributed by atoms with E-state index in [4.69, 9.17) is 0 Å². The van der Waals surface area contributed by atoms with Crippen LogP contribution in [0, 0.1) is 0 Å². The Morgan fingerprint density at radius 2 is 1.77 bits per heavy atom. The molecule has 0 bridgehead atoms. The summed E-state index contributed by atoms with van der Waals surface area (Å²) in [6.07, 6.45) is 4.02. The van der Waals surface area contributed by atoms with Crippen molar-refractivity contribution in [2.45, 2.75) is 70.5 Å². The van der Waals surface area contributed by atoms with Crippen molar-refractivity contribution in [1.82, 2.24) is 15.2 Å². The summed E-state index contributed by atoms with van der Waals surface area (Å²) in [6.45, 7) is 9.97. The van der Waals surface area contributed by atoms with Gasteiger partial charge in [-0.05, 0) is 60.9 Å². The van der Waals surface area contributed by atoms with Gasteiger partial charge in [0, 0.05) is 12.2 Å². The van der Waals surface area contributed by atoms with Crippen LogP contribution in [-0.4, -0.2) is 33.4 Å². The molecule has 1 saturated heterocycles. The Morgan fingerprint density at radius 1 is 1.10 bits per heavy atom. The smallest absolute Gasteiger partial charge is 0.325 e. The maximum Gasteiger partial charge on any atom is 0.325 e. The summed E-state index contributed by atoms with van der Waals surface area (Å²) in [5, 5.41) is 6.22. The Morgan fingerprint density at radius 3 is 2.30 bits per heavy atom. The maximum atomic E-state index is 13.1. The highest BCUT2D eigenvalue weighted by molar-refractivity contribution is 6.07. The van der Waals surface area contributed by atoms with E-state index in [0.717, 1.165) is 29.8 Å². The van der Waals surface area contributed by atoms with Crippen LogP contribution in [0.4, 0.5) is 10.6 Å². The third kappa shape index (κ3) is 3.91. The topological polar surface area (TPSA) is 74.3 Å². The molecule has 2 fully saturated rings. The Hall–Kier alpha value is -2.89. The van der Waals surface area contributed by atoms with Gasteiger partial charge >= 0.3 is 6.03 Å². The van der Waals surface area contributed by atoms with Gasteiger partial charge in [-0.15, -0.1) is 0 Å². The first-order chi connectivity index (χ1) is 14.1. The monoisotopic (exact) mass is 406 g/mol. The summed E-state index contributed by atoms with van der Waals surface area (Å²) in [5.41, 5.74) is 2.05. The van der Waals surface area contributed by atoms with Crippen molar-refractivity contribution < 1.29 is 9.59 Å². The van der Waals surface area contributed by atoms with E-state index in [1.165, 1.54) is 10.5 Å². The third-order valence-corrected chi connectivity index (χ3v) is 5.77. The number of benzene rings is 1. The van der Waals surface area contributed by atoms with Gasteiger partial charge in [0.15, 0.2) is 0 Å². The van der Waals surface area contributed by atoms with Crippen LogP contribution in [0.1, 0.15) is 70.2 Å². The molecule has 3 amide bonds. The highest BCUT2D eigenvalue weighted by Gasteiger charge is 2.48. The molecule has 2 heterocycles. The second-order valence-electron chi connectivity index (χ2n) is 9.90. The number of hydrogen-bond donors (Lipinski definition) is 2. The lowest BCUT2D eigenvalue weighted by atomic mass is 9.85. The SMILES string of the molecule is CC1(C)NC(=O)N(C(c2ccc(C(C)(C)C)cc2)c2ccnc(NC3CC3)c2)C1=O. The van der Waals surface area contributed by atoms with Crippen molar-refractivity contribution in [3.8, 4) is 0 Å². The maximum absolute atomic E-state index is 13.1. The van der Waals surface area contributed by atoms with Gasteiger partial charge in [0.05, 0.1) is 6.04 Å². The predicted molar refractivity (Wildman–Crippen MR) is 117 cm³/mol. The molecule has 1 saturated carbocycles. The molecule has 1 unspecified atom stereocenters. The first-order valence-electron chi connectivity index (χ1n) is 10.5. The van der Waals surface area contributed by atoms with E-state index in [0.29, 0.717) is 6.04 Å². The van der Waals surface area contributed by atoms with Crippen molar-refractivity contribution in [2.75, 3.05) is 5.32 Å². The van der Waals surface area contributed by atoms with Gasteiger partial charge in [-0.1, -0.05) is 45.0 Å². The molecule has 158 valence electrons. The molecule has 0 radical (unpaired) electrons. The fourth-order valence-electron chi connectivity index (χ4n) is 3.80. The Balaban J connectivity index is 1.77. The Kier molecular flexibility index (Phi) is 4.83. The predicted octanol–water partition coefficient (Wildman–Crippen LogP) is 4.37. The van der Waals surface area contributed by atoms with Crippen molar-refractivity contribution >= 4 is 17.8 Å². The molecule has 1 atom stereocenters. The van der Waals surface area contributed by atoms with E-state index < -0.39 is 11.6 Å². The first-order valence-corrected chi connectivity index (χ1v) is 10.5. The molecule has 1 aliphatic heterocycles. The van der Waals surface area contributed by atoms with Gasteiger partial charge in [-0.2, -0.15) is 0 Å². The standard InChI is InChI=1S/C24H30N4O2/c1-23(2,3)17-8-6-15(7-9-17)20(28-21(29)24(4,5)27-22(28)30)16-12-13-25-19(14-16)26-18-10-11-18/h6-9,12-14,18,20H,10-11H2,1-5H3,(H,25,26)(H,27,30). The molecule has 30 heavy (non-hydrogen) atoms. The van der Waals surface area contributed by atoms with Crippen LogP contribution >= 0.6 is 0 Å².